The Morgan fingerprint density at radius 2 is 2.06 bits per heavy atom. The Balaban J connectivity index is 2.38. The van der Waals surface area contributed by atoms with Crippen LogP contribution in [0.15, 0.2) is 0 Å². The van der Waals surface area contributed by atoms with Crippen LogP contribution in [0.5, 0.6) is 0 Å². The van der Waals surface area contributed by atoms with Crippen molar-refractivity contribution in [2.75, 3.05) is 6.54 Å². The van der Waals surface area contributed by atoms with E-state index in [-0.39, 0.29) is 5.91 Å². The van der Waals surface area contributed by atoms with Gasteiger partial charge in [0.15, 0.2) is 0 Å². The minimum atomic E-state index is -0.706. The van der Waals surface area contributed by atoms with E-state index in [1.54, 1.807) is 0 Å². The van der Waals surface area contributed by atoms with E-state index in [0.717, 1.165) is 19.4 Å². The lowest BCUT2D eigenvalue weighted by molar-refractivity contribution is -0.126. The minimum Gasteiger partial charge on any atom is -0.354 e. The molecule has 3 nitrogen and oxygen atoms in total. The zero-order valence-corrected chi connectivity index (χ0v) is 11.8. The van der Waals surface area contributed by atoms with Gasteiger partial charge in [0.25, 0.3) is 0 Å². The van der Waals surface area contributed by atoms with Gasteiger partial charge in [-0.2, -0.15) is 0 Å². The first-order valence-electron chi connectivity index (χ1n) is 6.88. The van der Waals surface area contributed by atoms with E-state index in [4.69, 9.17) is 5.73 Å². The fourth-order valence-electron chi connectivity index (χ4n) is 2.60. The molecule has 1 saturated carbocycles. The molecule has 1 fully saturated rings. The van der Waals surface area contributed by atoms with E-state index in [2.05, 4.69) is 26.1 Å². The molecule has 1 amide bonds. The molecule has 1 unspecified atom stereocenters. The van der Waals surface area contributed by atoms with Crippen LogP contribution in [-0.2, 0) is 4.79 Å². The van der Waals surface area contributed by atoms with Crippen molar-refractivity contribution in [2.24, 2.45) is 17.1 Å². The molecule has 0 heterocycles. The van der Waals surface area contributed by atoms with Gasteiger partial charge in [-0.3, -0.25) is 4.79 Å². The maximum Gasteiger partial charge on any atom is 0.239 e. The van der Waals surface area contributed by atoms with Gasteiger partial charge in [-0.15, -0.1) is 0 Å². The first-order valence-corrected chi connectivity index (χ1v) is 6.88. The zero-order valence-electron chi connectivity index (χ0n) is 11.8. The Hall–Kier alpha value is -0.570. The predicted molar refractivity (Wildman–Crippen MR) is 71.6 cm³/mol. The molecule has 3 heteroatoms. The molecular weight excluding hydrogens is 212 g/mol. The minimum absolute atomic E-state index is 0.00869. The monoisotopic (exact) mass is 240 g/mol. The highest BCUT2D eigenvalue weighted by atomic mass is 16.2. The summed E-state index contributed by atoms with van der Waals surface area (Å²) in [7, 11) is 0. The highest BCUT2D eigenvalue weighted by Crippen LogP contribution is 2.50. The Bertz CT molecular complexity index is 267. The van der Waals surface area contributed by atoms with Crippen LogP contribution in [0.25, 0.3) is 0 Å². The quantitative estimate of drug-likeness (QED) is 0.718. The van der Waals surface area contributed by atoms with E-state index in [9.17, 15) is 4.79 Å². The molecule has 0 spiro atoms. The third-order valence-electron chi connectivity index (χ3n) is 3.71. The SMILES string of the molecule is CCCC(C)(N)C(=O)NCC1(CC(C)C)CC1. The summed E-state index contributed by atoms with van der Waals surface area (Å²) in [4.78, 5) is 12.0. The Labute approximate surface area is 106 Å². The van der Waals surface area contributed by atoms with Crippen molar-refractivity contribution >= 4 is 5.91 Å². The van der Waals surface area contributed by atoms with E-state index < -0.39 is 5.54 Å². The average molecular weight is 240 g/mol. The normalized spacial score (nSPS) is 21.1. The zero-order chi connectivity index (χ0) is 13.1. The molecular formula is C14H28N2O. The molecule has 1 atom stereocenters. The average Bonchev–Trinajstić information content (AvgIpc) is 2.93. The van der Waals surface area contributed by atoms with Crippen molar-refractivity contribution < 1.29 is 4.79 Å². The number of amides is 1. The number of carbonyl (C=O) groups is 1. The van der Waals surface area contributed by atoms with E-state index in [1.807, 2.05) is 6.92 Å². The Kier molecular flexibility index (Phi) is 4.59. The summed E-state index contributed by atoms with van der Waals surface area (Å²) < 4.78 is 0. The number of nitrogens with one attached hydrogen (secondary N) is 1. The summed E-state index contributed by atoms with van der Waals surface area (Å²) in [6.45, 7) is 9.17. The van der Waals surface area contributed by atoms with Gasteiger partial charge < -0.3 is 11.1 Å². The van der Waals surface area contributed by atoms with Gasteiger partial charge in [0.2, 0.25) is 5.91 Å². The fraction of sp³-hybridized carbons (Fsp3) is 0.929. The smallest absolute Gasteiger partial charge is 0.239 e. The van der Waals surface area contributed by atoms with Gasteiger partial charge in [0.05, 0.1) is 5.54 Å². The van der Waals surface area contributed by atoms with Gasteiger partial charge in [0, 0.05) is 6.54 Å². The fourth-order valence-corrected chi connectivity index (χ4v) is 2.60. The molecule has 1 aliphatic carbocycles. The van der Waals surface area contributed by atoms with E-state index >= 15 is 0 Å². The largest absolute Gasteiger partial charge is 0.354 e. The molecule has 3 N–H and O–H groups in total. The molecule has 1 rings (SSSR count). The molecule has 1 aliphatic rings. The molecule has 100 valence electrons. The van der Waals surface area contributed by atoms with Crippen molar-refractivity contribution in [1.82, 2.24) is 5.32 Å². The van der Waals surface area contributed by atoms with Crippen LogP contribution in [-0.4, -0.2) is 18.0 Å². The summed E-state index contributed by atoms with van der Waals surface area (Å²) in [6, 6.07) is 0. The molecule has 0 aliphatic heterocycles. The van der Waals surface area contributed by atoms with Crippen molar-refractivity contribution in [3.63, 3.8) is 0 Å². The van der Waals surface area contributed by atoms with Crippen molar-refractivity contribution in [1.29, 1.82) is 0 Å². The van der Waals surface area contributed by atoms with Crippen LogP contribution < -0.4 is 11.1 Å². The Morgan fingerprint density at radius 3 is 2.47 bits per heavy atom. The summed E-state index contributed by atoms with van der Waals surface area (Å²) >= 11 is 0. The number of hydrogen-bond acceptors (Lipinski definition) is 2. The second-order valence-electron chi connectivity index (χ2n) is 6.45. The topological polar surface area (TPSA) is 55.1 Å². The number of carbonyl (C=O) groups excluding carboxylic acids is 1. The van der Waals surface area contributed by atoms with Crippen LogP contribution in [0, 0.1) is 11.3 Å². The Morgan fingerprint density at radius 1 is 1.47 bits per heavy atom. The van der Waals surface area contributed by atoms with Crippen LogP contribution >= 0.6 is 0 Å². The third-order valence-corrected chi connectivity index (χ3v) is 3.71. The maximum absolute atomic E-state index is 12.0. The van der Waals surface area contributed by atoms with Gasteiger partial charge in [-0.25, -0.2) is 0 Å². The van der Waals surface area contributed by atoms with Crippen LogP contribution in [0.2, 0.25) is 0 Å². The highest BCUT2D eigenvalue weighted by molar-refractivity contribution is 5.85. The van der Waals surface area contributed by atoms with Gasteiger partial charge in [0.1, 0.15) is 0 Å². The van der Waals surface area contributed by atoms with Crippen molar-refractivity contribution in [2.45, 2.75) is 65.3 Å². The van der Waals surface area contributed by atoms with Gasteiger partial charge in [-0.05, 0) is 43.9 Å². The first-order chi connectivity index (χ1) is 7.81. The standard InChI is InChI=1S/C14H28N2O/c1-5-6-13(4,15)12(17)16-10-14(7-8-14)9-11(2)3/h11H,5-10,15H2,1-4H3,(H,16,17). The van der Waals surface area contributed by atoms with Crippen LogP contribution in [0.1, 0.15) is 59.8 Å². The lowest BCUT2D eigenvalue weighted by Crippen LogP contribution is -2.52. The van der Waals surface area contributed by atoms with Crippen molar-refractivity contribution in [3.8, 4) is 0 Å². The highest BCUT2D eigenvalue weighted by Gasteiger charge is 2.43. The molecule has 0 saturated heterocycles. The van der Waals surface area contributed by atoms with Gasteiger partial charge in [-0.1, -0.05) is 27.2 Å². The molecule has 0 radical (unpaired) electrons. The van der Waals surface area contributed by atoms with Crippen LogP contribution in [0.4, 0.5) is 0 Å². The van der Waals surface area contributed by atoms with E-state index in [0.29, 0.717) is 11.3 Å². The van der Waals surface area contributed by atoms with Gasteiger partial charge >= 0.3 is 0 Å². The number of hydrogen-bond donors (Lipinski definition) is 2. The number of rotatable bonds is 7. The number of nitrogens with two attached hydrogens (primary N) is 1. The molecule has 17 heavy (non-hydrogen) atoms. The predicted octanol–water partition coefficient (Wildman–Crippen LogP) is 2.45. The first kappa shape index (κ1) is 14.5. The summed E-state index contributed by atoms with van der Waals surface area (Å²) in [5.41, 5.74) is 5.69. The second-order valence-corrected chi connectivity index (χ2v) is 6.45. The molecule has 0 bridgehead atoms. The lowest BCUT2D eigenvalue weighted by Gasteiger charge is -2.25. The van der Waals surface area contributed by atoms with Crippen LogP contribution in [0.3, 0.4) is 0 Å². The molecule has 0 aromatic carbocycles. The molecule has 0 aromatic heterocycles. The van der Waals surface area contributed by atoms with Crippen molar-refractivity contribution in [3.05, 3.63) is 0 Å². The maximum atomic E-state index is 12.0. The third kappa shape index (κ3) is 4.30. The molecule has 0 aromatic rings. The summed E-state index contributed by atoms with van der Waals surface area (Å²) in [6.07, 6.45) is 5.40. The lowest BCUT2D eigenvalue weighted by atomic mass is 9.92. The second kappa shape index (κ2) is 5.38. The van der Waals surface area contributed by atoms with E-state index in [1.165, 1.54) is 19.3 Å². The summed E-state index contributed by atoms with van der Waals surface area (Å²) in [5.74, 6) is 0.712. The summed E-state index contributed by atoms with van der Waals surface area (Å²) in [5, 5.41) is 3.05.